The van der Waals surface area contributed by atoms with E-state index in [1.54, 1.807) is 30.3 Å². The molecule has 1 aromatic heterocycles. The van der Waals surface area contributed by atoms with Gasteiger partial charge in [-0.05, 0) is 42.5 Å². The van der Waals surface area contributed by atoms with Crippen LogP contribution in [0.3, 0.4) is 0 Å². The van der Waals surface area contributed by atoms with Crippen LogP contribution in [-0.4, -0.2) is 15.9 Å². The first-order valence-electron chi connectivity index (χ1n) is 7.92. The second-order valence-corrected chi connectivity index (χ2v) is 6.60. The molecule has 4 nitrogen and oxygen atoms in total. The number of amides is 1. The summed E-state index contributed by atoms with van der Waals surface area (Å²) in [6.07, 6.45) is 0. The van der Waals surface area contributed by atoms with Gasteiger partial charge in [0.1, 0.15) is 5.82 Å². The highest BCUT2D eigenvalue weighted by Crippen LogP contribution is 2.26. The summed E-state index contributed by atoms with van der Waals surface area (Å²) in [5, 5.41) is 3.69. The Bertz CT molecular complexity index is 1070. The molecule has 4 aromatic rings. The van der Waals surface area contributed by atoms with E-state index in [-0.39, 0.29) is 5.91 Å². The average Bonchev–Trinajstić information content (AvgIpc) is 3.08. The van der Waals surface area contributed by atoms with Crippen LogP contribution in [0.25, 0.3) is 22.4 Å². The highest BCUT2D eigenvalue weighted by molar-refractivity contribution is 6.36. The van der Waals surface area contributed by atoms with E-state index >= 15 is 0 Å². The minimum Gasteiger partial charge on any atom is -0.338 e. The normalized spacial score (nSPS) is 10.8. The number of hydrogen-bond acceptors (Lipinski definition) is 2. The lowest BCUT2D eigenvalue weighted by Crippen LogP contribution is -2.12. The second-order valence-electron chi connectivity index (χ2n) is 5.76. The predicted molar refractivity (Wildman–Crippen MR) is 106 cm³/mol. The smallest absolute Gasteiger partial charge is 0.255 e. The van der Waals surface area contributed by atoms with E-state index < -0.39 is 0 Å². The third-order valence-corrected chi connectivity index (χ3v) is 4.54. The highest BCUT2D eigenvalue weighted by atomic mass is 35.5. The van der Waals surface area contributed by atoms with Crippen molar-refractivity contribution in [2.24, 2.45) is 0 Å². The number of halogens is 2. The highest BCUT2D eigenvalue weighted by Gasteiger charge is 2.10. The Morgan fingerprint density at radius 2 is 1.73 bits per heavy atom. The van der Waals surface area contributed by atoms with Crippen LogP contribution in [0.5, 0.6) is 0 Å². The lowest BCUT2D eigenvalue weighted by atomic mass is 10.1. The summed E-state index contributed by atoms with van der Waals surface area (Å²) < 4.78 is 0. The number of nitrogens with one attached hydrogen (secondary N) is 2. The van der Waals surface area contributed by atoms with E-state index in [0.717, 1.165) is 22.4 Å². The predicted octanol–water partition coefficient (Wildman–Crippen LogP) is 5.79. The number of benzene rings is 3. The maximum absolute atomic E-state index is 12.4. The summed E-state index contributed by atoms with van der Waals surface area (Å²) in [7, 11) is 0. The number of hydrogen-bond donors (Lipinski definition) is 2. The lowest BCUT2D eigenvalue weighted by Gasteiger charge is -2.08. The zero-order valence-corrected chi connectivity index (χ0v) is 15.0. The topological polar surface area (TPSA) is 57.8 Å². The summed E-state index contributed by atoms with van der Waals surface area (Å²) in [6.45, 7) is 0. The number of H-pyrrole nitrogens is 1. The number of imidazole rings is 1. The van der Waals surface area contributed by atoms with Crippen molar-refractivity contribution in [2.45, 2.75) is 0 Å². The van der Waals surface area contributed by atoms with Crippen LogP contribution in [0.4, 0.5) is 5.69 Å². The van der Waals surface area contributed by atoms with Gasteiger partial charge >= 0.3 is 0 Å². The Labute approximate surface area is 159 Å². The van der Waals surface area contributed by atoms with Crippen molar-refractivity contribution in [3.63, 3.8) is 0 Å². The number of carbonyl (C=O) groups is 1. The number of aromatic amines is 1. The molecule has 0 fully saturated rings. The Balaban J connectivity index is 1.56. The number of aromatic nitrogens is 2. The van der Waals surface area contributed by atoms with Crippen molar-refractivity contribution >= 4 is 45.8 Å². The Kier molecular flexibility index (Phi) is 4.37. The standard InChI is InChI=1S/C20H13Cl2N3O/c21-14-9-10-16(15(22)11-14)25-20(26)13-7-5-12(6-8-13)19-23-17-3-1-2-4-18(17)24-19/h1-11H,(H,23,24)(H,25,26). The van der Waals surface area contributed by atoms with E-state index in [0.29, 0.717) is 21.3 Å². The fourth-order valence-electron chi connectivity index (χ4n) is 2.65. The molecule has 6 heteroatoms. The van der Waals surface area contributed by atoms with Crippen molar-refractivity contribution in [2.75, 3.05) is 5.32 Å². The molecule has 0 saturated heterocycles. The number of fused-ring (bicyclic) bond motifs is 1. The number of rotatable bonds is 3. The van der Waals surface area contributed by atoms with Gasteiger partial charge in [0.05, 0.1) is 21.7 Å². The number of para-hydroxylation sites is 2. The van der Waals surface area contributed by atoms with Crippen LogP contribution in [0.1, 0.15) is 10.4 Å². The first-order valence-corrected chi connectivity index (χ1v) is 8.67. The summed E-state index contributed by atoms with van der Waals surface area (Å²) >= 11 is 12.0. The van der Waals surface area contributed by atoms with Crippen molar-refractivity contribution in [3.05, 3.63) is 82.3 Å². The van der Waals surface area contributed by atoms with Gasteiger partial charge in [-0.25, -0.2) is 4.98 Å². The fraction of sp³-hybridized carbons (Fsp3) is 0. The zero-order chi connectivity index (χ0) is 18.1. The molecule has 0 bridgehead atoms. The van der Waals surface area contributed by atoms with Gasteiger partial charge in [0, 0.05) is 16.1 Å². The molecule has 26 heavy (non-hydrogen) atoms. The molecule has 2 N–H and O–H groups in total. The third-order valence-electron chi connectivity index (χ3n) is 3.99. The van der Waals surface area contributed by atoms with E-state index in [4.69, 9.17) is 23.2 Å². The van der Waals surface area contributed by atoms with Crippen LogP contribution in [0, 0.1) is 0 Å². The fourth-order valence-corrected chi connectivity index (χ4v) is 3.11. The number of nitrogens with zero attached hydrogens (tertiary/aromatic N) is 1. The maximum Gasteiger partial charge on any atom is 0.255 e. The van der Waals surface area contributed by atoms with E-state index in [1.165, 1.54) is 0 Å². The van der Waals surface area contributed by atoms with Gasteiger partial charge in [0.15, 0.2) is 0 Å². The number of carbonyl (C=O) groups excluding carboxylic acids is 1. The molecule has 1 heterocycles. The van der Waals surface area contributed by atoms with Gasteiger partial charge in [-0.1, -0.05) is 47.5 Å². The largest absolute Gasteiger partial charge is 0.338 e. The molecule has 3 aromatic carbocycles. The van der Waals surface area contributed by atoms with E-state index in [2.05, 4.69) is 15.3 Å². The van der Waals surface area contributed by atoms with Crippen LogP contribution in [-0.2, 0) is 0 Å². The van der Waals surface area contributed by atoms with E-state index in [9.17, 15) is 4.79 Å². The monoisotopic (exact) mass is 381 g/mol. The van der Waals surface area contributed by atoms with Crippen LogP contribution >= 0.6 is 23.2 Å². The quantitative estimate of drug-likeness (QED) is 0.471. The molecule has 128 valence electrons. The van der Waals surface area contributed by atoms with Crippen LogP contribution < -0.4 is 5.32 Å². The van der Waals surface area contributed by atoms with Gasteiger partial charge in [0.2, 0.25) is 0 Å². The van der Waals surface area contributed by atoms with Gasteiger partial charge < -0.3 is 10.3 Å². The van der Waals surface area contributed by atoms with Crippen molar-refractivity contribution < 1.29 is 4.79 Å². The van der Waals surface area contributed by atoms with Gasteiger partial charge in [-0.15, -0.1) is 0 Å². The molecule has 0 aliphatic rings. The maximum atomic E-state index is 12.4. The van der Waals surface area contributed by atoms with Crippen molar-refractivity contribution in [3.8, 4) is 11.4 Å². The Morgan fingerprint density at radius 1 is 0.962 bits per heavy atom. The van der Waals surface area contributed by atoms with Crippen molar-refractivity contribution in [1.82, 2.24) is 9.97 Å². The molecule has 4 rings (SSSR count). The van der Waals surface area contributed by atoms with Crippen LogP contribution in [0.2, 0.25) is 10.0 Å². The molecule has 0 saturated carbocycles. The van der Waals surface area contributed by atoms with Crippen LogP contribution in [0.15, 0.2) is 66.7 Å². The van der Waals surface area contributed by atoms with Gasteiger partial charge in [0.25, 0.3) is 5.91 Å². The Hall–Kier alpha value is -2.82. The van der Waals surface area contributed by atoms with Crippen molar-refractivity contribution in [1.29, 1.82) is 0 Å². The summed E-state index contributed by atoms with van der Waals surface area (Å²) in [5.41, 5.74) is 3.82. The molecule has 1 amide bonds. The summed E-state index contributed by atoms with van der Waals surface area (Å²) in [4.78, 5) is 20.2. The molecular formula is C20H13Cl2N3O. The van der Waals surface area contributed by atoms with E-state index in [1.807, 2.05) is 36.4 Å². The molecule has 0 atom stereocenters. The number of anilines is 1. The Morgan fingerprint density at radius 3 is 2.46 bits per heavy atom. The summed E-state index contributed by atoms with van der Waals surface area (Å²) in [5.74, 6) is 0.518. The zero-order valence-electron chi connectivity index (χ0n) is 13.5. The third kappa shape index (κ3) is 3.29. The second kappa shape index (κ2) is 6.83. The lowest BCUT2D eigenvalue weighted by molar-refractivity contribution is 0.102. The summed E-state index contributed by atoms with van der Waals surface area (Å²) in [6, 6.07) is 20.0. The van der Waals surface area contributed by atoms with Gasteiger partial charge in [-0.2, -0.15) is 0 Å². The first-order chi connectivity index (χ1) is 12.6. The molecule has 0 aliphatic heterocycles. The molecule has 0 spiro atoms. The first kappa shape index (κ1) is 16.6. The molecule has 0 aliphatic carbocycles. The molecular weight excluding hydrogens is 369 g/mol. The average molecular weight is 382 g/mol. The van der Waals surface area contributed by atoms with Gasteiger partial charge in [-0.3, -0.25) is 4.79 Å². The SMILES string of the molecule is O=C(Nc1ccc(Cl)cc1Cl)c1ccc(-c2nc3ccccc3[nH]2)cc1. The molecule has 0 radical (unpaired) electrons. The minimum atomic E-state index is -0.245. The molecule has 0 unspecified atom stereocenters. The minimum absolute atomic E-state index is 0.245.